The first-order valence-electron chi connectivity index (χ1n) is 11.9. The quantitative estimate of drug-likeness (QED) is 0.451. The monoisotopic (exact) mass is 503 g/mol. The number of nitrogens with one attached hydrogen (secondary N) is 1. The zero-order chi connectivity index (χ0) is 26.0. The molecule has 2 aromatic carbocycles. The topological polar surface area (TPSA) is 96.0 Å². The first-order chi connectivity index (χ1) is 16.6. The molecule has 0 bridgehead atoms. The number of carbonyl (C=O) groups is 2. The molecule has 0 aliphatic rings. The number of anilines is 1. The van der Waals surface area contributed by atoms with E-state index in [9.17, 15) is 18.0 Å². The third kappa shape index (κ3) is 7.99. The molecule has 2 amide bonds. The number of benzene rings is 2. The summed E-state index contributed by atoms with van der Waals surface area (Å²) in [6.07, 6.45) is 2.21. The van der Waals surface area contributed by atoms with Gasteiger partial charge in [-0.1, -0.05) is 55.8 Å². The van der Waals surface area contributed by atoms with E-state index in [0.29, 0.717) is 25.3 Å². The molecule has 0 spiro atoms. The van der Waals surface area contributed by atoms with Gasteiger partial charge in [-0.15, -0.1) is 0 Å². The van der Waals surface area contributed by atoms with Crippen LogP contribution in [0.3, 0.4) is 0 Å². The zero-order valence-electron chi connectivity index (χ0n) is 21.3. The van der Waals surface area contributed by atoms with E-state index in [1.54, 1.807) is 31.2 Å². The maximum absolute atomic E-state index is 13.7. The van der Waals surface area contributed by atoms with Crippen LogP contribution in [0.5, 0.6) is 5.75 Å². The van der Waals surface area contributed by atoms with Crippen molar-refractivity contribution in [1.82, 2.24) is 10.2 Å². The van der Waals surface area contributed by atoms with Crippen LogP contribution in [0.25, 0.3) is 0 Å². The summed E-state index contributed by atoms with van der Waals surface area (Å²) in [5.41, 5.74) is 2.21. The van der Waals surface area contributed by atoms with Gasteiger partial charge < -0.3 is 15.0 Å². The molecule has 192 valence electrons. The number of ether oxygens (including phenoxy) is 1. The highest BCUT2D eigenvalue weighted by molar-refractivity contribution is 7.92. The number of para-hydroxylation sites is 2. The number of carbonyl (C=O) groups excluding carboxylic acids is 2. The standard InChI is InChI=1S/C26H37N3O5S/c1-6-17-27-26(31)22(7-2)28(18-21-15-13-20(4)14-16-21)25(30)19-29(35(5,32)33)23-11-9-10-12-24(23)34-8-3/h9-16,22H,6-8,17-19H2,1-5H3,(H,27,31). The minimum Gasteiger partial charge on any atom is -0.492 e. The molecule has 0 aromatic heterocycles. The minimum absolute atomic E-state index is 0.182. The molecule has 0 aliphatic heterocycles. The largest absolute Gasteiger partial charge is 0.492 e. The Hall–Kier alpha value is -3.07. The average Bonchev–Trinajstić information content (AvgIpc) is 2.82. The molecule has 0 aliphatic carbocycles. The van der Waals surface area contributed by atoms with E-state index in [0.717, 1.165) is 28.1 Å². The van der Waals surface area contributed by atoms with Crippen LogP contribution in [0.15, 0.2) is 48.5 Å². The highest BCUT2D eigenvalue weighted by atomic mass is 32.2. The van der Waals surface area contributed by atoms with Crippen LogP contribution in [-0.4, -0.2) is 57.1 Å². The van der Waals surface area contributed by atoms with Gasteiger partial charge in [0.05, 0.1) is 18.6 Å². The molecular weight excluding hydrogens is 466 g/mol. The second kappa shape index (κ2) is 13.1. The van der Waals surface area contributed by atoms with Crippen molar-refractivity contribution in [3.8, 4) is 5.75 Å². The van der Waals surface area contributed by atoms with Crippen molar-refractivity contribution in [3.05, 3.63) is 59.7 Å². The summed E-state index contributed by atoms with van der Waals surface area (Å²) in [4.78, 5) is 28.1. The fourth-order valence-electron chi connectivity index (χ4n) is 3.71. The predicted octanol–water partition coefficient (Wildman–Crippen LogP) is 3.49. The first-order valence-corrected chi connectivity index (χ1v) is 13.8. The summed E-state index contributed by atoms with van der Waals surface area (Å²) in [5, 5.41) is 2.87. The Kier molecular flexibility index (Phi) is 10.6. The fraction of sp³-hybridized carbons (Fsp3) is 0.462. The van der Waals surface area contributed by atoms with Gasteiger partial charge in [-0.2, -0.15) is 0 Å². The van der Waals surface area contributed by atoms with E-state index >= 15 is 0 Å². The lowest BCUT2D eigenvalue weighted by molar-refractivity contribution is -0.140. The van der Waals surface area contributed by atoms with Crippen LogP contribution >= 0.6 is 0 Å². The second-order valence-corrected chi connectivity index (χ2v) is 10.3. The van der Waals surface area contributed by atoms with E-state index in [1.165, 1.54) is 4.90 Å². The number of hydrogen-bond acceptors (Lipinski definition) is 5. The predicted molar refractivity (Wildman–Crippen MR) is 139 cm³/mol. The number of aryl methyl sites for hydroxylation is 1. The van der Waals surface area contributed by atoms with Gasteiger partial charge in [0, 0.05) is 13.1 Å². The van der Waals surface area contributed by atoms with Crippen molar-refractivity contribution in [2.24, 2.45) is 0 Å². The summed E-state index contributed by atoms with van der Waals surface area (Å²) < 4.78 is 32.2. The van der Waals surface area contributed by atoms with E-state index in [4.69, 9.17) is 4.74 Å². The highest BCUT2D eigenvalue weighted by Gasteiger charge is 2.32. The van der Waals surface area contributed by atoms with Gasteiger partial charge in [0.1, 0.15) is 18.3 Å². The molecule has 1 N–H and O–H groups in total. The van der Waals surface area contributed by atoms with Gasteiger partial charge in [0.15, 0.2) is 0 Å². The lowest BCUT2D eigenvalue weighted by Crippen LogP contribution is -2.52. The maximum atomic E-state index is 13.7. The van der Waals surface area contributed by atoms with Crippen molar-refractivity contribution < 1.29 is 22.7 Å². The lowest BCUT2D eigenvalue weighted by atomic mass is 10.1. The van der Waals surface area contributed by atoms with Gasteiger partial charge in [-0.05, 0) is 44.4 Å². The summed E-state index contributed by atoms with van der Waals surface area (Å²) in [7, 11) is -3.83. The highest BCUT2D eigenvalue weighted by Crippen LogP contribution is 2.30. The second-order valence-electron chi connectivity index (χ2n) is 8.39. The molecule has 2 aromatic rings. The van der Waals surface area contributed by atoms with E-state index in [2.05, 4.69) is 5.32 Å². The summed E-state index contributed by atoms with van der Waals surface area (Å²) in [6.45, 7) is 8.14. The molecular formula is C26H37N3O5S. The van der Waals surface area contributed by atoms with Crippen LogP contribution in [-0.2, 0) is 26.2 Å². The van der Waals surface area contributed by atoms with E-state index in [-0.39, 0.29) is 18.1 Å². The summed E-state index contributed by atoms with van der Waals surface area (Å²) >= 11 is 0. The van der Waals surface area contributed by atoms with Gasteiger partial charge in [-0.25, -0.2) is 8.42 Å². The third-order valence-corrected chi connectivity index (χ3v) is 6.65. The normalized spacial score (nSPS) is 12.0. The Balaban J connectivity index is 2.45. The maximum Gasteiger partial charge on any atom is 0.244 e. The zero-order valence-corrected chi connectivity index (χ0v) is 22.1. The van der Waals surface area contributed by atoms with Crippen molar-refractivity contribution in [2.75, 3.05) is 30.3 Å². The fourth-order valence-corrected chi connectivity index (χ4v) is 4.56. The molecule has 0 radical (unpaired) electrons. The van der Waals surface area contributed by atoms with Gasteiger partial charge in [0.25, 0.3) is 0 Å². The Labute approximate surface area is 209 Å². The van der Waals surface area contributed by atoms with Crippen LogP contribution in [0.1, 0.15) is 44.7 Å². The molecule has 0 saturated carbocycles. The molecule has 9 heteroatoms. The molecule has 0 heterocycles. The van der Waals surface area contributed by atoms with Gasteiger partial charge in [-0.3, -0.25) is 13.9 Å². The Morgan fingerprint density at radius 1 is 1.03 bits per heavy atom. The number of rotatable bonds is 13. The van der Waals surface area contributed by atoms with Crippen LogP contribution in [0, 0.1) is 6.92 Å². The van der Waals surface area contributed by atoms with Gasteiger partial charge >= 0.3 is 0 Å². The molecule has 8 nitrogen and oxygen atoms in total. The Morgan fingerprint density at radius 2 is 1.69 bits per heavy atom. The van der Waals surface area contributed by atoms with Crippen molar-refractivity contribution >= 4 is 27.5 Å². The number of hydrogen-bond donors (Lipinski definition) is 1. The van der Waals surface area contributed by atoms with E-state index in [1.807, 2.05) is 45.0 Å². The Bertz CT molecular complexity index is 1090. The number of nitrogens with zero attached hydrogens (tertiary/aromatic N) is 2. The number of amides is 2. The molecule has 0 fully saturated rings. The average molecular weight is 504 g/mol. The molecule has 1 unspecified atom stereocenters. The molecule has 1 atom stereocenters. The third-order valence-electron chi connectivity index (χ3n) is 5.52. The number of sulfonamides is 1. The molecule has 0 saturated heterocycles. The van der Waals surface area contributed by atoms with Crippen LogP contribution in [0.2, 0.25) is 0 Å². The Morgan fingerprint density at radius 3 is 2.26 bits per heavy atom. The minimum atomic E-state index is -3.83. The SMILES string of the molecule is CCCNC(=O)C(CC)N(Cc1ccc(C)cc1)C(=O)CN(c1ccccc1OCC)S(C)(=O)=O. The first kappa shape index (κ1) is 28.2. The smallest absolute Gasteiger partial charge is 0.244 e. The van der Waals surface area contributed by atoms with Gasteiger partial charge in [0.2, 0.25) is 21.8 Å². The van der Waals surface area contributed by atoms with Crippen LogP contribution in [0.4, 0.5) is 5.69 Å². The van der Waals surface area contributed by atoms with Crippen LogP contribution < -0.4 is 14.4 Å². The van der Waals surface area contributed by atoms with Crippen molar-refractivity contribution in [2.45, 2.75) is 53.1 Å². The van der Waals surface area contributed by atoms with E-state index < -0.39 is 28.5 Å². The van der Waals surface area contributed by atoms with Crippen molar-refractivity contribution in [1.29, 1.82) is 0 Å². The molecule has 2 rings (SSSR count). The van der Waals surface area contributed by atoms with Crippen molar-refractivity contribution in [3.63, 3.8) is 0 Å². The lowest BCUT2D eigenvalue weighted by Gasteiger charge is -2.33. The molecule has 35 heavy (non-hydrogen) atoms. The summed E-state index contributed by atoms with van der Waals surface area (Å²) in [5.74, 6) is -0.359. The summed E-state index contributed by atoms with van der Waals surface area (Å²) in [6, 6.07) is 13.7.